The van der Waals surface area contributed by atoms with E-state index in [0.717, 1.165) is 0 Å². The molecule has 0 bridgehead atoms. The monoisotopic (exact) mass is 405 g/mol. The molecule has 0 saturated carbocycles. The van der Waals surface area contributed by atoms with Gasteiger partial charge in [-0.25, -0.2) is 0 Å². The first-order valence-corrected chi connectivity index (χ1v) is 8.88. The normalized spacial score (nSPS) is 15.8. The predicted molar refractivity (Wildman–Crippen MR) is 97.3 cm³/mol. The highest BCUT2D eigenvalue weighted by molar-refractivity contribution is 5.66. The number of ether oxygens (including phenoxy) is 3. The summed E-state index contributed by atoms with van der Waals surface area (Å²) >= 11 is 0. The van der Waals surface area contributed by atoms with Gasteiger partial charge in [0.1, 0.15) is 11.8 Å². The summed E-state index contributed by atoms with van der Waals surface area (Å²) in [5, 5.41) is 40.1. The van der Waals surface area contributed by atoms with E-state index in [2.05, 4.69) is 5.32 Å². The molecule has 0 amide bonds. The number of rotatable bonds is 15. The van der Waals surface area contributed by atoms with Crippen molar-refractivity contribution in [2.75, 3.05) is 31.7 Å². The van der Waals surface area contributed by atoms with Gasteiger partial charge in [-0.15, -0.1) is 0 Å². The fourth-order valence-electron chi connectivity index (χ4n) is 2.35. The third-order valence-corrected chi connectivity index (χ3v) is 3.83. The van der Waals surface area contributed by atoms with Gasteiger partial charge in [0, 0.05) is 13.0 Å². The predicted octanol–water partition coefficient (Wildman–Crippen LogP) is -1.58. The summed E-state index contributed by atoms with van der Waals surface area (Å²) in [5.41, 5.74) is -1.37. The van der Waals surface area contributed by atoms with Crippen LogP contribution in [0, 0.1) is 0 Å². The largest absolute Gasteiger partial charge is 0.488 e. The number of aliphatic hydroxyl groups excluding tert-OH is 3. The van der Waals surface area contributed by atoms with Crippen molar-refractivity contribution < 1.29 is 39.4 Å². The molecular formula is C17H27NO10. The van der Waals surface area contributed by atoms with Crippen molar-refractivity contribution in [2.24, 2.45) is 0 Å². The maximum atomic E-state index is 11.5. The Bertz CT molecular complexity index is 682. The molecule has 0 radical (unpaired) electrons. The number of carboxylic acid groups (broad SMARTS) is 1. The van der Waals surface area contributed by atoms with Crippen LogP contribution in [0.15, 0.2) is 9.59 Å². The summed E-state index contributed by atoms with van der Waals surface area (Å²) in [4.78, 5) is 33.6. The van der Waals surface area contributed by atoms with Crippen molar-refractivity contribution in [3.05, 3.63) is 20.4 Å². The minimum Gasteiger partial charge on any atom is -0.488 e. The zero-order valence-electron chi connectivity index (χ0n) is 15.8. The lowest BCUT2D eigenvalue weighted by atomic mass is 10.1. The highest BCUT2D eigenvalue weighted by Crippen LogP contribution is 2.17. The highest BCUT2D eigenvalue weighted by atomic mass is 16.7. The maximum Gasteiger partial charge on any atom is 0.303 e. The van der Waals surface area contributed by atoms with E-state index < -0.39 is 48.0 Å². The lowest BCUT2D eigenvalue weighted by molar-refractivity contribution is -0.234. The molecule has 1 unspecified atom stereocenters. The van der Waals surface area contributed by atoms with Gasteiger partial charge in [0.15, 0.2) is 12.0 Å². The average Bonchev–Trinajstić information content (AvgIpc) is 2.66. The Morgan fingerprint density at radius 1 is 1.21 bits per heavy atom. The first-order chi connectivity index (χ1) is 13.2. The zero-order valence-corrected chi connectivity index (χ0v) is 15.8. The molecule has 28 heavy (non-hydrogen) atoms. The molecule has 1 aromatic carbocycles. The Morgan fingerprint density at radius 3 is 2.43 bits per heavy atom. The minimum absolute atomic E-state index is 0.0233. The molecule has 1 rings (SSSR count). The molecule has 11 nitrogen and oxygen atoms in total. The molecule has 11 heteroatoms. The summed E-state index contributed by atoms with van der Waals surface area (Å²) in [6.45, 7) is 2.60. The van der Waals surface area contributed by atoms with Crippen LogP contribution in [-0.4, -0.2) is 77.4 Å². The van der Waals surface area contributed by atoms with E-state index in [1.807, 2.05) is 0 Å². The Hall–Kier alpha value is -2.05. The van der Waals surface area contributed by atoms with Gasteiger partial charge in [-0.05, 0) is 20.3 Å². The van der Waals surface area contributed by atoms with Gasteiger partial charge >= 0.3 is 5.97 Å². The van der Waals surface area contributed by atoms with Crippen LogP contribution in [0.5, 0.6) is 5.75 Å². The van der Waals surface area contributed by atoms with Crippen LogP contribution in [0.3, 0.4) is 0 Å². The second kappa shape index (κ2) is 11.7. The smallest absolute Gasteiger partial charge is 0.303 e. The third-order valence-electron chi connectivity index (χ3n) is 3.83. The van der Waals surface area contributed by atoms with Crippen LogP contribution >= 0.6 is 0 Å². The van der Waals surface area contributed by atoms with Crippen LogP contribution in [0.25, 0.3) is 0 Å². The minimum atomic E-state index is -1.43. The number of nitrogens with one attached hydrogen (secondary N) is 1. The molecule has 5 N–H and O–H groups in total. The molecule has 0 heterocycles. The molecule has 0 aromatic heterocycles. The van der Waals surface area contributed by atoms with Crippen molar-refractivity contribution in [3.63, 3.8) is 0 Å². The highest BCUT2D eigenvalue weighted by Gasteiger charge is 2.27. The van der Waals surface area contributed by atoms with E-state index >= 15 is 0 Å². The number of hydrogen-bond acceptors (Lipinski definition) is 10. The van der Waals surface area contributed by atoms with E-state index in [9.17, 15) is 24.6 Å². The van der Waals surface area contributed by atoms with Gasteiger partial charge in [-0.3, -0.25) is 14.4 Å². The Labute approximate surface area is 161 Å². The molecular weight excluding hydrogens is 378 g/mol. The van der Waals surface area contributed by atoms with Crippen molar-refractivity contribution in [3.8, 4) is 5.75 Å². The maximum absolute atomic E-state index is 11.5. The molecule has 0 aliphatic heterocycles. The van der Waals surface area contributed by atoms with Crippen LogP contribution in [-0.2, 0) is 14.3 Å². The lowest BCUT2D eigenvalue weighted by Gasteiger charge is -2.29. The molecule has 0 saturated heterocycles. The SMILES string of the molecule is CCOc1c(NCCO[C@@H](OC(CCC(=O)O)[C@H](C)O)[C@H](O)CO)c(=O)c1=O. The zero-order chi connectivity index (χ0) is 21.3. The van der Waals surface area contributed by atoms with Gasteiger partial charge < -0.3 is 40.0 Å². The topological polar surface area (TPSA) is 172 Å². The standard InChI is InChI=1S/C17H27NO10/c1-3-26-16-13(14(24)15(16)25)18-6-7-27-17(10(21)8-19)28-11(9(2)20)4-5-12(22)23/h9-11,17-21H,3-8H2,1-2H3,(H,22,23)/t9-,10+,11?,17-/m0/s1. The quantitative estimate of drug-likeness (QED) is 0.129. The number of anilines is 1. The molecule has 0 aliphatic rings. The molecule has 0 fully saturated rings. The van der Waals surface area contributed by atoms with E-state index in [-0.39, 0.29) is 44.0 Å². The Morgan fingerprint density at radius 2 is 1.89 bits per heavy atom. The van der Waals surface area contributed by atoms with Gasteiger partial charge in [0.05, 0.1) is 32.0 Å². The van der Waals surface area contributed by atoms with E-state index in [0.29, 0.717) is 0 Å². The van der Waals surface area contributed by atoms with Crippen LogP contribution in [0.1, 0.15) is 26.7 Å². The van der Waals surface area contributed by atoms with Crippen LogP contribution in [0.4, 0.5) is 5.69 Å². The lowest BCUT2D eigenvalue weighted by Crippen LogP contribution is -2.42. The van der Waals surface area contributed by atoms with Crippen molar-refractivity contribution in [2.45, 2.75) is 51.3 Å². The first-order valence-electron chi connectivity index (χ1n) is 8.88. The number of hydrogen-bond donors (Lipinski definition) is 5. The van der Waals surface area contributed by atoms with E-state index in [1.54, 1.807) is 6.92 Å². The Balaban J connectivity index is 2.60. The molecule has 0 spiro atoms. The fraction of sp³-hybridized carbons (Fsp3) is 0.706. The van der Waals surface area contributed by atoms with Crippen molar-refractivity contribution >= 4 is 11.7 Å². The van der Waals surface area contributed by atoms with Gasteiger partial charge in [-0.1, -0.05) is 0 Å². The molecule has 4 atom stereocenters. The van der Waals surface area contributed by atoms with Crippen LogP contribution < -0.4 is 20.9 Å². The first kappa shape index (κ1) is 24.0. The van der Waals surface area contributed by atoms with Crippen molar-refractivity contribution in [1.29, 1.82) is 0 Å². The number of carbonyl (C=O) groups is 1. The van der Waals surface area contributed by atoms with Gasteiger partial charge in [0.25, 0.3) is 10.9 Å². The summed E-state index contributed by atoms with van der Waals surface area (Å²) < 4.78 is 15.8. The molecule has 1 aromatic rings. The number of aliphatic carboxylic acids is 1. The number of carboxylic acids is 1. The average molecular weight is 405 g/mol. The van der Waals surface area contributed by atoms with Gasteiger partial charge in [-0.2, -0.15) is 0 Å². The fourth-order valence-corrected chi connectivity index (χ4v) is 2.35. The third kappa shape index (κ3) is 6.84. The summed E-state index contributed by atoms with van der Waals surface area (Å²) in [7, 11) is 0. The summed E-state index contributed by atoms with van der Waals surface area (Å²) in [6, 6.07) is 0. The summed E-state index contributed by atoms with van der Waals surface area (Å²) in [6.07, 6.45) is -5.02. The van der Waals surface area contributed by atoms with E-state index in [1.165, 1.54) is 6.92 Å². The summed E-state index contributed by atoms with van der Waals surface area (Å²) in [5.74, 6) is -1.12. The van der Waals surface area contributed by atoms with Gasteiger partial charge in [0.2, 0.25) is 0 Å². The molecule has 0 aliphatic carbocycles. The second-order valence-electron chi connectivity index (χ2n) is 6.06. The van der Waals surface area contributed by atoms with E-state index in [4.69, 9.17) is 24.4 Å². The van der Waals surface area contributed by atoms with Crippen LogP contribution in [0.2, 0.25) is 0 Å². The van der Waals surface area contributed by atoms with Crippen molar-refractivity contribution in [1.82, 2.24) is 0 Å². The molecule has 160 valence electrons. The number of aliphatic hydroxyl groups is 3. The Kier molecular flexibility index (Phi) is 10.0. The second-order valence-corrected chi connectivity index (χ2v) is 6.06.